The molecule has 6 heteroatoms. The number of nitro groups is 1. The second-order valence-corrected chi connectivity index (χ2v) is 4.93. The van der Waals surface area contributed by atoms with E-state index in [-0.39, 0.29) is 10.6 Å². The zero-order valence-electron chi connectivity index (χ0n) is 11.0. The first kappa shape index (κ1) is 12.9. The van der Waals surface area contributed by atoms with Gasteiger partial charge in [-0.15, -0.1) is 0 Å². The van der Waals surface area contributed by atoms with E-state index in [1.165, 1.54) is 12.8 Å². The highest BCUT2D eigenvalue weighted by atomic mass is 16.6. The van der Waals surface area contributed by atoms with E-state index >= 15 is 0 Å². The van der Waals surface area contributed by atoms with Crippen molar-refractivity contribution in [2.75, 3.05) is 11.9 Å². The third-order valence-electron chi connectivity index (χ3n) is 3.30. The first-order valence-electron chi connectivity index (χ1n) is 6.57. The normalized spacial score (nSPS) is 14.8. The third-order valence-corrected chi connectivity index (χ3v) is 3.30. The van der Waals surface area contributed by atoms with E-state index in [0.29, 0.717) is 17.9 Å². The van der Waals surface area contributed by atoms with Crippen LogP contribution in [0.25, 0.3) is 0 Å². The van der Waals surface area contributed by atoms with Crippen molar-refractivity contribution in [1.29, 1.82) is 0 Å². The zero-order chi connectivity index (χ0) is 13.1. The van der Waals surface area contributed by atoms with E-state index < -0.39 is 0 Å². The van der Waals surface area contributed by atoms with Crippen molar-refractivity contribution in [2.24, 2.45) is 13.0 Å². The lowest BCUT2D eigenvalue weighted by Gasteiger charge is -2.05. The lowest BCUT2D eigenvalue weighted by atomic mass is 10.2. The summed E-state index contributed by atoms with van der Waals surface area (Å²) in [4.78, 5) is 10.8. The summed E-state index contributed by atoms with van der Waals surface area (Å²) in [7, 11) is 1.76. The van der Waals surface area contributed by atoms with Crippen LogP contribution < -0.4 is 5.32 Å². The molecule has 1 fully saturated rings. The van der Waals surface area contributed by atoms with Gasteiger partial charge in [-0.3, -0.25) is 10.1 Å². The van der Waals surface area contributed by atoms with Gasteiger partial charge in [0.25, 0.3) is 0 Å². The van der Waals surface area contributed by atoms with Crippen LogP contribution >= 0.6 is 0 Å². The Hall–Kier alpha value is -1.59. The lowest BCUT2D eigenvalue weighted by molar-refractivity contribution is -0.384. The molecule has 0 aliphatic heterocycles. The average Bonchev–Trinajstić information content (AvgIpc) is 3.05. The van der Waals surface area contributed by atoms with Crippen LogP contribution in [-0.4, -0.2) is 21.2 Å². The molecule has 0 bridgehead atoms. The molecule has 0 aromatic carbocycles. The summed E-state index contributed by atoms with van der Waals surface area (Å²) in [6.07, 6.45) is 5.20. The topological polar surface area (TPSA) is 73.0 Å². The maximum atomic E-state index is 11.2. The molecule has 1 heterocycles. The molecule has 0 spiro atoms. The molecule has 0 amide bonds. The van der Waals surface area contributed by atoms with E-state index in [4.69, 9.17) is 0 Å². The molecule has 18 heavy (non-hydrogen) atoms. The van der Waals surface area contributed by atoms with Gasteiger partial charge in [0, 0.05) is 13.6 Å². The van der Waals surface area contributed by atoms with Gasteiger partial charge in [0.1, 0.15) is 5.69 Å². The van der Waals surface area contributed by atoms with Gasteiger partial charge in [0.2, 0.25) is 5.82 Å². The van der Waals surface area contributed by atoms with Crippen molar-refractivity contribution >= 4 is 11.5 Å². The lowest BCUT2D eigenvalue weighted by Crippen LogP contribution is -2.08. The molecule has 6 nitrogen and oxygen atoms in total. The summed E-state index contributed by atoms with van der Waals surface area (Å²) in [5.41, 5.74) is 0.731. The highest BCUT2D eigenvalue weighted by molar-refractivity contribution is 5.59. The summed E-state index contributed by atoms with van der Waals surface area (Å²) in [5.74, 6) is 1.36. The molecule has 0 unspecified atom stereocenters. The van der Waals surface area contributed by atoms with Crippen LogP contribution in [0, 0.1) is 16.0 Å². The summed E-state index contributed by atoms with van der Waals surface area (Å²) in [5, 5.41) is 18.6. The largest absolute Gasteiger partial charge is 0.365 e. The van der Waals surface area contributed by atoms with E-state index in [1.54, 1.807) is 11.7 Å². The zero-order valence-corrected chi connectivity index (χ0v) is 11.0. The second-order valence-electron chi connectivity index (χ2n) is 4.93. The van der Waals surface area contributed by atoms with Crippen LogP contribution in [0.2, 0.25) is 0 Å². The molecule has 1 saturated carbocycles. The van der Waals surface area contributed by atoms with Gasteiger partial charge in [0.05, 0.1) is 4.92 Å². The van der Waals surface area contributed by atoms with Crippen LogP contribution in [0.5, 0.6) is 0 Å². The predicted molar refractivity (Wildman–Crippen MR) is 69.7 cm³/mol. The van der Waals surface area contributed by atoms with Gasteiger partial charge in [0.15, 0.2) is 0 Å². The Morgan fingerprint density at radius 3 is 2.83 bits per heavy atom. The van der Waals surface area contributed by atoms with Crippen molar-refractivity contribution in [3.63, 3.8) is 0 Å². The number of hydrogen-bond acceptors (Lipinski definition) is 4. The standard InChI is InChI=1S/C12H20N4O2/c1-3-4-10-11(16(17)18)12(15(2)14-10)13-8-7-9-5-6-9/h9,13H,3-8H2,1-2H3. The third kappa shape index (κ3) is 2.80. The molecule has 1 aromatic heterocycles. The number of nitrogens with one attached hydrogen (secondary N) is 1. The molecule has 100 valence electrons. The first-order chi connectivity index (χ1) is 8.63. The molecule has 1 aliphatic rings. The first-order valence-corrected chi connectivity index (χ1v) is 6.57. The van der Waals surface area contributed by atoms with Gasteiger partial charge in [-0.05, 0) is 18.8 Å². The monoisotopic (exact) mass is 252 g/mol. The molecule has 0 atom stereocenters. The molecule has 0 saturated heterocycles. The molecule has 2 rings (SSSR count). The summed E-state index contributed by atoms with van der Waals surface area (Å²) in [6, 6.07) is 0. The maximum absolute atomic E-state index is 11.2. The van der Waals surface area contributed by atoms with Crippen molar-refractivity contribution in [1.82, 2.24) is 9.78 Å². The fourth-order valence-electron chi connectivity index (χ4n) is 2.16. The minimum absolute atomic E-state index is 0.148. The Labute approximate surface area is 107 Å². The summed E-state index contributed by atoms with van der Waals surface area (Å²) in [6.45, 7) is 2.79. The van der Waals surface area contributed by atoms with Crippen molar-refractivity contribution in [3.8, 4) is 0 Å². The van der Waals surface area contributed by atoms with Crippen molar-refractivity contribution in [3.05, 3.63) is 15.8 Å². The number of aryl methyl sites for hydroxylation is 2. The van der Waals surface area contributed by atoms with E-state index in [0.717, 1.165) is 25.3 Å². The Balaban J connectivity index is 2.11. The number of nitrogens with zero attached hydrogens (tertiary/aromatic N) is 3. The summed E-state index contributed by atoms with van der Waals surface area (Å²) >= 11 is 0. The van der Waals surface area contributed by atoms with Crippen molar-refractivity contribution in [2.45, 2.75) is 39.0 Å². The summed E-state index contributed by atoms with van der Waals surface area (Å²) < 4.78 is 1.59. The molecule has 1 aliphatic carbocycles. The van der Waals surface area contributed by atoms with E-state index in [1.807, 2.05) is 6.92 Å². The van der Waals surface area contributed by atoms with E-state index in [2.05, 4.69) is 10.4 Å². The minimum Gasteiger partial charge on any atom is -0.365 e. The van der Waals surface area contributed by atoms with Gasteiger partial charge >= 0.3 is 5.69 Å². The fourth-order valence-corrected chi connectivity index (χ4v) is 2.16. The maximum Gasteiger partial charge on any atom is 0.333 e. The predicted octanol–water partition coefficient (Wildman–Crippen LogP) is 2.49. The van der Waals surface area contributed by atoms with Gasteiger partial charge in [-0.25, -0.2) is 4.68 Å². The smallest absolute Gasteiger partial charge is 0.333 e. The minimum atomic E-state index is -0.322. The van der Waals surface area contributed by atoms with Crippen LogP contribution in [0.3, 0.4) is 0 Å². The van der Waals surface area contributed by atoms with Gasteiger partial charge in [-0.2, -0.15) is 5.10 Å². The molecule has 0 radical (unpaired) electrons. The van der Waals surface area contributed by atoms with Crippen molar-refractivity contribution < 1.29 is 4.92 Å². The number of anilines is 1. The number of aromatic nitrogens is 2. The highest BCUT2D eigenvalue weighted by Crippen LogP contribution is 2.33. The molecular weight excluding hydrogens is 232 g/mol. The van der Waals surface area contributed by atoms with Crippen LogP contribution in [-0.2, 0) is 13.5 Å². The Morgan fingerprint density at radius 2 is 2.28 bits per heavy atom. The Kier molecular flexibility index (Phi) is 3.84. The van der Waals surface area contributed by atoms with Crippen LogP contribution in [0.15, 0.2) is 0 Å². The number of hydrogen-bond donors (Lipinski definition) is 1. The van der Waals surface area contributed by atoms with Gasteiger partial charge < -0.3 is 5.32 Å². The molecular formula is C12H20N4O2. The molecule has 1 N–H and O–H groups in total. The number of rotatable bonds is 7. The quantitative estimate of drug-likeness (QED) is 0.597. The highest BCUT2D eigenvalue weighted by Gasteiger charge is 2.26. The average molecular weight is 252 g/mol. The van der Waals surface area contributed by atoms with Crippen LogP contribution in [0.1, 0.15) is 38.3 Å². The fraction of sp³-hybridized carbons (Fsp3) is 0.750. The van der Waals surface area contributed by atoms with Crippen LogP contribution in [0.4, 0.5) is 11.5 Å². The Bertz CT molecular complexity index is 438. The Morgan fingerprint density at radius 1 is 1.56 bits per heavy atom. The second kappa shape index (κ2) is 5.37. The molecule has 1 aromatic rings. The SMILES string of the molecule is CCCc1nn(C)c(NCCC2CC2)c1[N+](=O)[O-]. The van der Waals surface area contributed by atoms with E-state index in [9.17, 15) is 10.1 Å². The van der Waals surface area contributed by atoms with Gasteiger partial charge in [-0.1, -0.05) is 26.2 Å².